The zero-order valence-electron chi connectivity index (χ0n) is 10.8. The topological polar surface area (TPSA) is 64.4 Å². The lowest BCUT2D eigenvalue weighted by Crippen LogP contribution is -2.36. The van der Waals surface area contributed by atoms with Crippen LogP contribution < -0.4 is 5.32 Å². The summed E-state index contributed by atoms with van der Waals surface area (Å²) in [7, 11) is 0. The normalized spacial score (nSPS) is 20.4. The number of nitro benzene ring substituents is 1. The van der Waals surface area contributed by atoms with Gasteiger partial charge >= 0.3 is 0 Å². The Hall–Kier alpha value is -1.53. The first-order valence-corrected chi connectivity index (χ1v) is 6.35. The predicted octanol–water partition coefficient (Wildman–Crippen LogP) is 2.39. The van der Waals surface area contributed by atoms with Gasteiger partial charge < -0.3 is 10.1 Å². The molecule has 5 nitrogen and oxygen atoms in total. The van der Waals surface area contributed by atoms with Crippen molar-refractivity contribution >= 4 is 5.69 Å². The summed E-state index contributed by atoms with van der Waals surface area (Å²) in [6.07, 6.45) is 2.24. The van der Waals surface area contributed by atoms with Crippen LogP contribution in [0, 0.1) is 15.9 Å². The number of non-ortho nitro benzene ring substituents is 1. The second-order valence-electron chi connectivity index (χ2n) is 4.80. The van der Waals surface area contributed by atoms with Crippen LogP contribution >= 0.6 is 0 Å². The molecule has 0 radical (unpaired) electrons. The van der Waals surface area contributed by atoms with Gasteiger partial charge in [0.05, 0.1) is 17.1 Å². The molecule has 1 N–H and O–H groups in total. The van der Waals surface area contributed by atoms with Gasteiger partial charge in [-0.05, 0) is 31.4 Å². The molecular weight excluding hydrogens is 251 g/mol. The number of hydrogen-bond donors (Lipinski definition) is 1. The monoisotopic (exact) mass is 268 g/mol. The van der Waals surface area contributed by atoms with Gasteiger partial charge in [0, 0.05) is 25.3 Å². The summed E-state index contributed by atoms with van der Waals surface area (Å²) in [4.78, 5) is 10.1. The molecule has 0 saturated carbocycles. The summed E-state index contributed by atoms with van der Waals surface area (Å²) in [5, 5.41) is 13.9. The molecule has 1 aliphatic heterocycles. The molecule has 1 saturated heterocycles. The Balaban J connectivity index is 1.96. The van der Waals surface area contributed by atoms with E-state index in [1.54, 1.807) is 0 Å². The number of halogens is 1. The van der Waals surface area contributed by atoms with Crippen molar-refractivity contribution in [1.29, 1.82) is 0 Å². The molecule has 1 aromatic rings. The second kappa shape index (κ2) is 6.08. The third-order valence-electron chi connectivity index (χ3n) is 3.30. The second-order valence-corrected chi connectivity index (χ2v) is 4.80. The Kier molecular flexibility index (Phi) is 4.44. The average Bonchev–Trinajstić information content (AvgIpc) is 2.89. The average molecular weight is 268 g/mol. The minimum absolute atomic E-state index is 0.143. The van der Waals surface area contributed by atoms with Crippen molar-refractivity contribution in [2.75, 3.05) is 6.61 Å². The van der Waals surface area contributed by atoms with Gasteiger partial charge in [-0.1, -0.05) is 0 Å². The van der Waals surface area contributed by atoms with Gasteiger partial charge in [-0.15, -0.1) is 0 Å². The Morgan fingerprint density at radius 1 is 1.58 bits per heavy atom. The highest BCUT2D eigenvalue weighted by molar-refractivity contribution is 5.35. The zero-order valence-corrected chi connectivity index (χ0v) is 10.8. The number of rotatable bonds is 5. The number of ether oxygens (including phenoxy) is 1. The van der Waals surface area contributed by atoms with Crippen molar-refractivity contribution in [2.24, 2.45) is 0 Å². The van der Waals surface area contributed by atoms with Crippen molar-refractivity contribution in [3.8, 4) is 0 Å². The summed E-state index contributed by atoms with van der Waals surface area (Å²) in [5.41, 5.74) is 0.345. The van der Waals surface area contributed by atoms with Gasteiger partial charge in [-0.3, -0.25) is 10.1 Å². The first-order valence-electron chi connectivity index (χ1n) is 6.35. The van der Waals surface area contributed by atoms with Gasteiger partial charge in [0.15, 0.2) is 0 Å². The lowest BCUT2D eigenvalue weighted by atomic mass is 10.1. The summed E-state index contributed by atoms with van der Waals surface area (Å²) < 4.78 is 18.8. The van der Waals surface area contributed by atoms with E-state index in [0.717, 1.165) is 25.5 Å². The van der Waals surface area contributed by atoms with E-state index in [0.29, 0.717) is 12.1 Å². The molecule has 0 aliphatic carbocycles. The lowest BCUT2D eigenvalue weighted by molar-refractivity contribution is -0.385. The minimum Gasteiger partial charge on any atom is -0.377 e. The van der Waals surface area contributed by atoms with E-state index >= 15 is 0 Å². The maximum Gasteiger partial charge on any atom is 0.272 e. The van der Waals surface area contributed by atoms with E-state index in [9.17, 15) is 14.5 Å². The fourth-order valence-electron chi connectivity index (χ4n) is 2.25. The van der Waals surface area contributed by atoms with Crippen LogP contribution in [0.15, 0.2) is 18.2 Å². The van der Waals surface area contributed by atoms with Crippen molar-refractivity contribution < 1.29 is 14.1 Å². The zero-order chi connectivity index (χ0) is 13.8. The predicted molar refractivity (Wildman–Crippen MR) is 68.3 cm³/mol. The molecule has 1 heterocycles. The molecule has 1 fully saturated rings. The maximum absolute atomic E-state index is 13.3. The fourth-order valence-corrected chi connectivity index (χ4v) is 2.25. The quantitative estimate of drug-likeness (QED) is 0.658. The van der Waals surface area contributed by atoms with Gasteiger partial charge in [0.25, 0.3) is 5.69 Å². The summed E-state index contributed by atoms with van der Waals surface area (Å²) in [6, 6.07) is 3.76. The molecule has 19 heavy (non-hydrogen) atoms. The van der Waals surface area contributed by atoms with Crippen molar-refractivity contribution in [2.45, 2.75) is 38.5 Å². The van der Waals surface area contributed by atoms with E-state index in [1.165, 1.54) is 12.1 Å². The number of hydrogen-bond acceptors (Lipinski definition) is 4. The minimum atomic E-state index is -0.587. The van der Waals surface area contributed by atoms with Gasteiger partial charge in [0.1, 0.15) is 5.82 Å². The number of nitro groups is 1. The Morgan fingerprint density at radius 3 is 3.00 bits per heavy atom. The molecule has 0 amide bonds. The molecule has 2 unspecified atom stereocenters. The molecule has 0 bridgehead atoms. The fraction of sp³-hybridized carbons (Fsp3) is 0.538. The highest BCUT2D eigenvalue weighted by Gasteiger charge is 2.22. The highest BCUT2D eigenvalue weighted by Crippen LogP contribution is 2.18. The van der Waals surface area contributed by atoms with E-state index in [4.69, 9.17) is 4.74 Å². The summed E-state index contributed by atoms with van der Waals surface area (Å²) >= 11 is 0. The van der Waals surface area contributed by atoms with Crippen molar-refractivity contribution in [3.05, 3.63) is 39.7 Å². The summed E-state index contributed by atoms with van der Waals surface area (Å²) in [6.45, 7) is 3.17. The van der Waals surface area contributed by atoms with Crippen LogP contribution in [0.25, 0.3) is 0 Å². The van der Waals surface area contributed by atoms with Crippen LogP contribution in [0.3, 0.4) is 0 Å². The number of nitrogens with zero attached hydrogens (tertiary/aromatic N) is 1. The van der Waals surface area contributed by atoms with Crippen LogP contribution in [0.1, 0.15) is 25.3 Å². The summed E-state index contributed by atoms with van der Waals surface area (Å²) in [5.74, 6) is -0.587. The Bertz CT molecular complexity index is 461. The van der Waals surface area contributed by atoms with Crippen LogP contribution in [0.2, 0.25) is 0 Å². The van der Waals surface area contributed by atoms with Crippen LogP contribution in [0.4, 0.5) is 10.1 Å². The van der Waals surface area contributed by atoms with Gasteiger partial charge in [-0.25, -0.2) is 4.39 Å². The number of nitrogens with one attached hydrogen (secondary N) is 1. The van der Waals surface area contributed by atoms with Gasteiger partial charge in [-0.2, -0.15) is 0 Å². The molecule has 1 aliphatic rings. The smallest absolute Gasteiger partial charge is 0.272 e. The largest absolute Gasteiger partial charge is 0.377 e. The third-order valence-corrected chi connectivity index (χ3v) is 3.30. The molecule has 1 aromatic carbocycles. The van der Waals surface area contributed by atoms with Crippen LogP contribution in [0.5, 0.6) is 0 Å². The van der Waals surface area contributed by atoms with E-state index < -0.39 is 10.7 Å². The van der Waals surface area contributed by atoms with E-state index in [2.05, 4.69) is 5.32 Å². The molecule has 0 spiro atoms. The van der Waals surface area contributed by atoms with E-state index in [-0.39, 0.29) is 17.8 Å². The first kappa shape index (κ1) is 13.9. The Labute approximate surface area is 110 Å². The molecular formula is C13H17FN2O3. The van der Waals surface area contributed by atoms with Crippen LogP contribution in [-0.2, 0) is 11.3 Å². The van der Waals surface area contributed by atoms with Crippen molar-refractivity contribution in [3.63, 3.8) is 0 Å². The van der Waals surface area contributed by atoms with E-state index in [1.807, 2.05) is 6.92 Å². The third kappa shape index (κ3) is 3.71. The lowest BCUT2D eigenvalue weighted by Gasteiger charge is -2.20. The molecule has 2 rings (SSSR count). The molecule has 2 atom stereocenters. The standard InChI is InChI=1S/C13H17FN2O3/c1-9(13-3-2-4-19-13)15-8-10-5-11(14)7-12(6-10)16(17)18/h5-7,9,13,15H,2-4,8H2,1H3. The molecule has 6 heteroatoms. The molecule has 104 valence electrons. The highest BCUT2D eigenvalue weighted by atomic mass is 19.1. The number of benzene rings is 1. The van der Waals surface area contributed by atoms with Crippen molar-refractivity contribution in [1.82, 2.24) is 5.32 Å². The maximum atomic E-state index is 13.3. The van der Waals surface area contributed by atoms with Crippen LogP contribution in [-0.4, -0.2) is 23.7 Å². The molecule has 0 aromatic heterocycles. The Morgan fingerprint density at radius 2 is 2.37 bits per heavy atom. The SMILES string of the molecule is CC(NCc1cc(F)cc([N+](=O)[O-])c1)C1CCCO1. The van der Waals surface area contributed by atoms with Gasteiger partial charge in [0.2, 0.25) is 0 Å². The first-order chi connectivity index (χ1) is 9.06.